The van der Waals surface area contributed by atoms with E-state index in [2.05, 4.69) is 9.08 Å². The Kier molecular flexibility index (Phi) is 5.33. The van der Waals surface area contributed by atoms with E-state index < -0.39 is 27.2 Å². The zero-order valence-electron chi connectivity index (χ0n) is 14.9. The molecule has 1 atom stereocenters. The Bertz CT molecular complexity index is 806. The van der Waals surface area contributed by atoms with Crippen LogP contribution in [0.3, 0.4) is 0 Å². The molecule has 0 unspecified atom stereocenters. The highest BCUT2D eigenvalue weighted by Gasteiger charge is 2.49. The number of halogens is 4. The third kappa shape index (κ3) is 3.87. The predicted octanol–water partition coefficient (Wildman–Crippen LogP) is 3.62. The van der Waals surface area contributed by atoms with Crippen LogP contribution < -0.4 is 8.92 Å². The molecule has 0 spiro atoms. The summed E-state index contributed by atoms with van der Waals surface area (Å²) < 4.78 is 84.6. The summed E-state index contributed by atoms with van der Waals surface area (Å²) in [4.78, 5) is 2.21. The van der Waals surface area contributed by atoms with E-state index >= 15 is 0 Å². The van der Waals surface area contributed by atoms with Crippen LogP contribution >= 0.6 is 0 Å². The number of hydrogen-bond donors (Lipinski definition) is 0. The van der Waals surface area contributed by atoms with Crippen LogP contribution in [0.4, 0.5) is 17.6 Å². The van der Waals surface area contributed by atoms with Crippen LogP contribution in [0.25, 0.3) is 0 Å². The smallest absolute Gasteiger partial charge is 0.488 e. The van der Waals surface area contributed by atoms with Gasteiger partial charge in [-0.1, -0.05) is 6.42 Å². The molecule has 0 N–H and O–H groups in total. The van der Waals surface area contributed by atoms with E-state index in [0.717, 1.165) is 31.4 Å². The van der Waals surface area contributed by atoms with E-state index in [-0.39, 0.29) is 36.4 Å². The molecule has 0 saturated heterocycles. The van der Waals surface area contributed by atoms with Crippen molar-refractivity contribution in [3.8, 4) is 11.5 Å². The fraction of sp³-hybridized carbons (Fsp3) is 0.647. The molecule has 1 aromatic rings. The molecule has 0 aromatic heterocycles. The van der Waals surface area contributed by atoms with Gasteiger partial charge in [0.1, 0.15) is 12.4 Å². The standard InChI is InChI=1S/C17H21F4NO4S/c1-10(2)22(11-4-3-5-11)12-8-13-15(26-27(23,24)17(19,20)21)7-6-14(18)16(13)25-9-12/h6-7,10-12H,3-5,8-9H2,1-2H3/t12-/m1/s1. The Morgan fingerprint density at radius 1 is 1.22 bits per heavy atom. The number of ether oxygens (including phenoxy) is 1. The van der Waals surface area contributed by atoms with Crippen molar-refractivity contribution in [1.29, 1.82) is 0 Å². The summed E-state index contributed by atoms with van der Waals surface area (Å²) >= 11 is 0. The SMILES string of the molecule is CC(C)N(C1CCC1)[C@H]1COc2c(F)ccc(OS(=O)(=O)C(F)(F)F)c2C1. The molecule has 1 aliphatic heterocycles. The van der Waals surface area contributed by atoms with Crippen LogP contribution in [-0.2, 0) is 16.5 Å². The number of hydrogen-bond acceptors (Lipinski definition) is 5. The minimum atomic E-state index is -5.85. The van der Waals surface area contributed by atoms with E-state index in [1.807, 2.05) is 13.8 Å². The van der Waals surface area contributed by atoms with Crippen molar-refractivity contribution in [3.05, 3.63) is 23.5 Å². The molecular formula is C17H21F4NO4S. The molecule has 3 rings (SSSR count). The molecule has 1 heterocycles. The second-order valence-corrected chi connectivity index (χ2v) is 8.67. The van der Waals surface area contributed by atoms with Crippen molar-refractivity contribution in [2.24, 2.45) is 0 Å². The molecule has 152 valence electrons. The summed E-state index contributed by atoms with van der Waals surface area (Å²) in [6.45, 7) is 4.18. The van der Waals surface area contributed by atoms with Crippen LogP contribution in [0.2, 0.25) is 0 Å². The zero-order valence-corrected chi connectivity index (χ0v) is 15.7. The van der Waals surface area contributed by atoms with Gasteiger partial charge in [-0.05, 0) is 45.2 Å². The largest absolute Gasteiger partial charge is 0.534 e. The third-order valence-electron chi connectivity index (χ3n) is 5.03. The van der Waals surface area contributed by atoms with Gasteiger partial charge in [-0.3, -0.25) is 4.90 Å². The van der Waals surface area contributed by atoms with E-state index in [9.17, 15) is 26.0 Å². The van der Waals surface area contributed by atoms with Crippen LogP contribution in [0.15, 0.2) is 12.1 Å². The Morgan fingerprint density at radius 3 is 2.41 bits per heavy atom. The fourth-order valence-electron chi connectivity index (χ4n) is 3.67. The van der Waals surface area contributed by atoms with Crippen molar-refractivity contribution >= 4 is 10.1 Å². The Hall–Kier alpha value is -1.55. The van der Waals surface area contributed by atoms with Gasteiger partial charge in [0.15, 0.2) is 11.6 Å². The van der Waals surface area contributed by atoms with Crippen molar-refractivity contribution in [2.45, 2.75) is 63.2 Å². The highest BCUT2D eigenvalue weighted by molar-refractivity contribution is 7.88. The summed E-state index contributed by atoms with van der Waals surface area (Å²) in [6, 6.07) is 2.01. The number of rotatable bonds is 5. The molecule has 27 heavy (non-hydrogen) atoms. The summed E-state index contributed by atoms with van der Waals surface area (Å²) in [5, 5.41) is 0. The van der Waals surface area contributed by atoms with Gasteiger partial charge in [-0.25, -0.2) is 4.39 Å². The van der Waals surface area contributed by atoms with Gasteiger partial charge in [0.25, 0.3) is 0 Å². The molecule has 1 saturated carbocycles. The molecule has 0 amide bonds. The summed E-state index contributed by atoms with van der Waals surface area (Å²) in [6.07, 6.45) is 3.27. The lowest BCUT2D eigenvalue weighted by atomic mass is 9.87. The quantitative estimate of drug-likeness (QED) is 0.421. The maximum Gasteiger partial charge on any atom is 0.534 e. The maximum absolute atomic E-state index is 14.1. The monoisotopic (exact) mass is 411 g/mol. The summed E-state index contributed by atoms with van der Waals surface area (Å²) in [5.74, 6) is -1.57. The van der Waals surface area contributed by atoms with Gasteiger partial charge in [-0.2, -0.15) is 21.6 Å². The molecular weight excluding hydrogens is 390 g/mol. The van der Waals surface area contributed by atoms with Crippen LogP contribution in [0, 0.1) is 5.82 Å². The molecule has 1 fully saturated rings. The first-order valence-corrected chi connectivity index (χ1v) is 10.1. The molecule has 5 nitrogen and oxygen atoms in total. The predicted molar refractivity (Wildman–Crippen MR) is 89.6 cm³/mol. The lowest BCUT2D eigenvalue weighted by Gasteiger charge is -2.46. The molecule has 0 radical (unpaired) electrons. The average Bonchev–Trinajstić information content (AvgIpc) is 2.51. The normalized spacial score (nSPS) is 21.0. The van der Waals surface area contributed by atoms with Gasteiger partial charge in [-0.15, -0.1) is 0 Å². The van der Waals surface area contributed by atoms with E-state index in [1.165, 1.54) is 0 Å². The van der Waals surface area contributed by atoms with Gasteiger partial charge in [0, 0.05) is 23.7 Å². The molecule has 1 aromatic carbocycles. The first-order valence-electron chi connectivity index (χ1n) is 8.73. The van der Waals surface area contributed by atoms with Crippen LogP contribution in [-0.4, -0.2) is 43.6 Å². The highest BCUT2D eigenvalue weighted by Crippen LogP contribution is 2.40. The summed E-state index contributed by atoms with van der Waals surface area (Å²) in [7, 11) is -5.85. The van der Waals surface area contributed by atoms with Crippen molar-refractivity contribution < 1.29 is 34.9 Å². The Labute approximate surface area is 155 Å². The molecule has 10 heteroatoms. The van der Waals surface area contributed by atoms with E-state index in [4.69, 9.17) is 4.74 Å². The Balaban J connectivity index is 1.93. The fourth-order valence-corrected chi connectivity index (χ4v) is 4.15. The topological polar surface area (TPSA) is 55.8 Å². The minimum Gasteiger partial charge on any atom is -0.488 e. The first-order chi connectivity index (χ1) is 12.5. The number of nitrogens with zero attached hydrogens (tertiary/aromatic N) is 1. The average molecular weight is 411 g/mol. The Morgan fingerprint density at radius 2 is 1.89 bits per heavy atom. The molecule has 2 aliphatic rings. The second kappa shape index (κ2) is 7.12. The second-order valence-electron chi connectivity index (χ2n) is 7.13. The van der Waals surface area contributed by atoms with Gasteiger partial charge < -0.3 is 8.92 Å². The number of benzene rings is 1. The number of fused-ring (bicyclic) bond motifs is 1. The third-order valence-corrected chi connectivity index (χ3v) is 5.99. The van der Waals surface area contributed by atoms with Crippen LogP contribution in [0.5, 0.6) is 11.5 Å². The van der Waals surface area contributed by atoms with Gasteiger partial charge >= 0.3 is 15.6 Å². The van der Waals surface area contributed by atoms with Gasteiger partial charge in [0.05, 0.1) is 0 Å². The van der Waals surface area contributed by atoms with Crippen molar-refractivity contribution in [3.63, 3.8) is 0 Å². The highest BCUT2D eigenvalue weighted by atomic mass is 32.2. The van der Waals surface area contributed by atoms with Crippen molar-refractivity contribution in [1.82, 2.24) is 4.90 Å². The maximum atomic E-state index is 14.1. The lowest BCUT2D eigenvalue weighted by Crippen LogP contribution is -2.54. The molecule has 0 bridgehead atoms. The molecule has 1 aliphatic carbocycles. The van der Waals surface area contributed by atoms with E-state index in [1.54, 1.807) is 0 Å². The van der Waals surface area contributed by atoms with E-state index in [0.29, 0.717) is 6.04 Å². The lowest BCUT2D eigenvalue weighted by molar-refractivity contribution is -0.0500. The van der Waals surface area contributed by atoms with Crippen molar-refractivity contribution in [2.75, 3.05) is 6.61 Å². The number of alkyl halides is 3. The minimum absolute atomic E-state index is 0.00375. The first kappa shape index (κ1) is 20.2. The summed E-state index contributed by atoms with van der Waals surface area (Å²) in [5.41, 5.74) is -5.57. The zero-order chi connectivity index (χ0) is 20.0. The van der Waals surface area contributed by atoms with Crippen LogP contribution in [0.1, 0.15) is 38.7 Å². The van der Waals surface area contributed by atoms with Gasteiger partial charge in [0.2, 0.25) is 0 Å².